The van der Waals surface area contributed by atoms with Gasteiger partial charge in [-0.05, 0) is 56.9 Å². The number of hydrogen-bond donors (Lipinski definition) is 0. The summed E-state index contributed by atoms with van der Waals surface area (Å²) in [6, 6.07) is 15.6. The number of hydrogen-bond acceptors (Lipinski definition) is 3. The number of carbonyl (C=O) groups excluding carboxylic acids is 1. The fourth-order valence-corrected chi connectivity index (χ4v) is 3.47. The maximum absolute atomic E-state index is 13.0. The van der Waals surface area contributed by atoms with E-state index < -0.39 is 5.60 Å². The van der Waals surface area contributed by atoms with E-state index in [0.29, 0.717) is 17.0 Å². The Bertz CT molecular complexity index is 856. The monoisotopic (exact) mass is 379 g/mol. The van der Waals surface area contributed by atoms with Gasteiger partial charge in [0.2, 0.25) is 6.20 Å². The average Bonchev–Trinajstić information content (AvgIpc) is 3.08. The van der Waals surface area contributed by atoms with E-state index >= 15 is 0 Å². The van der Waals surface area contributed by atoms with Gasteiger partial charge in [0.15, 0.2) is 0 Å². The summed E-state index contributed by atoms with van der Waals surface area (Å²) in [6.45, 7) is 9.54. The number of ether oxygens (including phenoxy) is 1. The van der Waals surface area contributed by atoms with Crippen molar-refractivity contribution in [3.63, 3.8) is 0 Å². The van der Waals surface area contributed by atoms with Crippen LogP contribution in [0.4, 0.5) is 10.5 Å². The molecular weight excluding hydrogens is 352 g/mol. The molecule has 0 aliphatic heterocycles. The summed E-state index contributed by atoms with van der Waals surface area (Å²) in [5.41, 5.74) is 3.46. The first-order chi connectivity index (χ1) is 13.3. The molecule has 0 atom stereocenters. The molecule has 1 aliphatic rings. The Kier molecular flexibility index (Phi) is 5.63. The van der Waals surface area contributed by atoms with Crippen LogP contribution in [0, 0.1) is 4.91 Å². The highest BCUT2D eigenvalue weighted by molar-refractivity contribution is 5.69. The Balaban J connectivity index is 1.82. The van der Waals surface area contributed by atoms with Gasteiger partial charge >= 0.3 is 6.09 Å². The van der Waals surface area contributed by atoms with Crippen molar-refractivity contribution in [1.29, 1.82) is 0 Å². The third kappa shape index (κ3) is 4.66. The van der Waals surface area contributed by atoms with E-state index in [4.69, 9.17) is 4.74 Å². The zero-order chi connectivity index (χ0) is 20.3. The summed E-state index contributed by atoms with van der Waals surface area (Å²) < 4.78 is 6.39. The average molecular weight is 379 g/mol. The van der Waals surface area contributed by atoms with Crippen LogP contribution in [0.5, 0.6) is 0 Å². The third-order valence-corrected chi connectivity index (χ3v) is 4.81. The van der Waals surface area contributed by atoms with Gasteiger partial charge in [0.25, 0.3) is 5.69 Å². The van der Waals surface area contributed by atoms with Crippen molar-refractivity contribution >= 4 is 11.8 Å². The van der Waals surface area contributed by atoms with Crippen LogP contribution in [0.15, 0.2) is 61.3 Å². The predicted molar refractivity (Wildman–Crippen MR) is 109 cm³/mol. The van der Waals surface area contributed by atoms with Crippen LogP contribution in [-0.4, -0.2) is 27.4 Å². The van der Waals surface area contributed by atoms with Gasteiger partial charge in [0, 0.05) is 29.6 Å². The minimum atomic E-state index is -0.558. The van der Waals surface area contributed by atoms with Gasteiger partial charge in [-0.2, -0.15) is 0 Å². The van der Waals surface area contributed by atoms with E-state index in [1.165, 1.54) is 17.3 Å². The SMILES string of the molecule is C=C[N+](=O)c1ccc(CN(C(=O)OC(C)(C)C)C2Cc3ccccc3C2)cc1. The number of rotatable bonds is 5. The second-order valence-electron chi connectivity index (χ2n) is 8.11. The van der Waals surface area contributed by atoms with Crippen molar-refractivity contribution in [2.45, 2.75) is 51.8 Å². The molecule has 0 spiro atoms. The fraction of sp³-hybridized carbons (Fsp3) is 0.348. The van der Waals surface area contributed by atoms with Gasteiger partial charge in [0.05, 0.1) is 4.76 Å². The molecule has 0 aromatic heterocycles. The van der Waals surface area contributed by atoms with Gasteiger partial charge in [-0.3, -0.25) is 0 Å². The highest BCUT2D eigenvalue weighted by Crippen LogP contribution is 2.28. The molecule has 0 fully saturated rings. The molecule has 0 saturated carbocycles. The maximum atomic E-state index is 13.0. The van der Waals surface area contributed by atoms with Crippen molar-refractivity contribution in [3.05, 3.63) is 82.9 Å². The molecule has 0 N–H and O–H groups in total. The Morgan fingerprint density at radius 3 is 2.21 bits per heavy atom. The number of nitroso groups, excluding NO2 is 1. The van der Waals surface area contributed by atoms with Crippen molar-refractivity contribution < 1.29 is 14.3 Å². The zero-order valence-corrected chi connectivity index (χ0v) is 16.7. The quantitative estimate of drug-likeness (QED) is 0.676. The molecule has 0 bridgehead atoms. The summed E-state index contributed by atoms with van der Waals surface area (Å²) >= 11 is 0. The van der Waals surface area contributed by atoms with E-state index in [9.17, 15) is 9.70 Å². The van der Waals surface area contributed by atoms with Gasteiger partial charge < -0.3 is 9.64 Å². The Morgan fingerprint density at radius 1 is 1.14 bits per heavy atom. The highest BCUT2D eigenvalue weighted by Gasteiger charge is 2.32. The first-order valence-corrected chi connectivity index (χ1v) is 9.51. The molecule has 28 heavy (non-hydrogen) atoms. The van der Waals surface area contributed by atoms with Gasteiger partial charge in [-0.25, -0.2) is 4.79 Å². The molecule has 1 aliphatic carbocycles. The number of carbonyl (C=O) groups is 1. The second kappa shape index (κ2) is 7.97. The van der Waals surface area contributed by atoms with Gasteiger partial charge in [-0.15, -0.1) is 0 Å². The van der Waals surface area contributed by atoms with Crippen LogP contribution in [0.25, 0.3) is 0 Å². The Labute approximate surface area is 166 Å². The number of fused-ring (bicyclic) bond motifs is 1. The topological polar surface area (TPSA) is 49.6 Å². The number of amides is 1. The lowest BCUT2D eigenvalue weighted by molar-refractivity contribution is -0.383. The first-order valence-electron chi connectivity index (χ1n) is 9.51. The lowest BCUT2D eigenvalue weighted by atomic mass is 10.1. The summed E-state index contributed by atoms with van der Waals surface area (Å²) in [5.74, 6) is 0. The molecule has 5 heteroatoms. The second-order valence-corrected chi connectivity index (χ2v) is 8.11. The first kappa shape index (κ1) is 19.8. The van der Waals surface area contributed by atoms with E-state index in [1.54, 1.807) is 12.1 Å². The van der Waals surface area contributed by atoms with E-state index in [2.05, 4.69) is 18.7 Å². The molecule has 2 aromatic carbocycles. The molecule has 146 valence electrons. The van der Waals surface area contributed by atoms with Crippen LogP contribution >= 0.6 is 0 Å². The molecule has 3 rings (SSSR count). The normalized spacial score (nSPS) is 13.7. The molecule has 1 amide bonds. The minimum absolute atomic E-state index is 0.0520. The molecule has 2 aromatic rings. The Morgan fingerprint density at radius 2 is 1.71 bits per heavy atom. The molecule has 0 unspecified atom stereocenters. The lowest BCUT2D eigenvalue weighted by Gasteiger charge is -2.31. The minimum Gasteiger partial charge on any atom is -0.444 e. The van der Waals surface area contributed by atoms with Crippen molar-refractivity contribution in [1.82, 2.24) is 4.90 Å². The fourth-order valence-electron chi connectivity index (χ4n) is 3.47. The summed E-state index contributed by atoms with van der Waals surface area (Å²) in [4.78, 5) is 26.4. The standard InChI is InChI=1S/C23H27N2O3/c1-5-25(27)20-12-10-17(11-13-20)16-24(22(26)28-23(2,3)4)21-14-18-8-6-7-9-19(18)15-21/h5-13,21H,1,14-16H2,2-4H3/q+1. The number of benzene rings is 2. The highest BCUT2D eigenvalue weighted by atomic mass is 16.6. The largest absolute Gasteiger partial charge is 0.444 e. The van der Waals surface area contributed by atoms with E-state index in [-0.39, 0.29) is 12.1 Å². The molecule has 0 radical (unpaired) electrons. The van der Waals surface area contributed by atoms with Crippen LogP contribution in [-0.2, 0) is 24.1 Å². The predicted octanol–water partition coefficient (Wildman–Crippen LogP) is 5.15. The third-order valence-electron chi connectivity index (χ3n) is 4.81. The zero-order valence-electron chi connectivity index (χ0n) is 16.7. The van der Waals surface area contributed by atoms with Gasteiger partial charge in [-0.1, -0.05) is 36.4 Å². The van der Waals surface area contributed by atoms with Crippen LogP contribution < -0.4 is 0 Å². The van der Waals surface area contributed by atoms with Crippen molar-refractivity contribution in [2.24, 2.45) is 0 Å². The Hall–Kier alpha value is -2.95. The van der Waals surface area contributed by atoms with Crippen LogP contribution in [0.1, 0.15) is 37.5 Å². The van der Waals surface area contributed by atoms with Crippen molar-refractivity contribution in [3.8, 4) is 0 Å². The maximum Gasteiger partial charge on any atom is 0.410 e. The van der Waals surface area contributed by atoms with Crippen LogP contribution in [0.3, 0.4) is 0 Å². The summed E-state index contributed by atoms with van der Waals surface area (Å²) in [7, 11) is 0. The number of nitrogens with zero attached hydrogens (tertiary/aromatic N) is 2. The summed E-state index contributed by atoms with van der Waals surface area (Å²) in [6.07, 6.45) is 2.54. The van der Waals surface area contributed by atoms with Crippen LogP contribution in [0.2, 0.25) is 0 Å². The molecule has 0 heterocycles. The molecule has 0 saturated heterocycles. The smallest absolute Gasteiger partial charge is 0.410 e. The van der Waals surface area contributed by atoms with Gasteiger partial charge in [0.1, 0.15) is 5.60 Å². The van der Waals surface area contributed by atoms with E-state index in [0.717, 1.165) is 18.4 Å². The van der Waals surface area contributed by atoms with Crippen molar-refractivity contribution in [2.75, 3.05) is 0 Å². The molecular formula is C23H27N2O3+. The molecule has 5 nitrogen and oxygen atoms in total. The van der Waals surface area contributed by atoms with E-state index in [1.807, 2.05) is 49.9 Å². The summed E-state index contributed by atoms with van der Waals surface area (Å²) in [5, 5.41) is 0. The lowest BCUT2D eigenvalue weighted by Crippen LogP contribution is -2.43.